The Morgan fingerprint density at radius 2 is 1.16 bits per heavy atom. The fraction of sp³-hybridized carbons (Fsp3) is 0.0244. The lowest BCUT2D eigenvalue weighted by Crippen LogP contribution is -2.12. The summed E-state index contributed by atoms with van der Waals surface area (Å²) >= 11 is 1.88. The van der Waals surface area contributed by atoms with E-state index in [-0.39, 0.29) is 0 Å². The van der Waals surface area contributed by atoms with Crippen molar-refractivity contribution < 1.29 is 4.42 Å². The molecular formula is C41H28N2OS. The van der Waals surface area contributed by atoms with E-state index in [1.807, 2.05) is 23.5 Å². The molecule has 1 aliphatic heterocycles. The second kappa shape index (κ2) is 10.5. The maximum atomic E-state index is 6.31. The topological polar surface area (TPSA) is 28.4 Å². The highest BCUT2D eigenvalue weighted by Crippen LogP contribution is 2.42. The second-order valence-electron chi connectivity index (χ2n) is 11.4. The zero-order valence-electron chi connectivity index (χ0n) is 24.4. The quantitative estimate of drug-likeness (QED) is 0.214. The summed E-state index contributed by atoms with van der Waals surface area (Å²) in [5.41, 5.74) is 11.2. The summed E-state index contributed by atoms with van der Waals surface area (Å²) in [5.74, 6) is 0. The predicted molar refractivity (Wildman–Crippen MR) is 190 cm³/mol. The summed E-state index contributed by atoms with van der Waals surface area (Å²) < 4.78 is 7.64. The van der Waals surface area contributed by atoms with Crippen molar-refractivity contribution in [3.05, 3.63) is 168 Å². The number of nitrogens with one attached hydrogen (secondary N) is 1. The average molecular weight is 597 g/mol. The van der Waals surface area contributed by atoms with Crippen molar-refractivity contribution in [3.8, 4) is 11.1 Å². The molecule has 0 radical (unpaired) electrons. The molecule has 0 saturated carbocycles. The smallest absolute Gasteiger partial charge is 0.137 e. The van der Waals surface area contributed by atoms with Gasteiger partial charge in [0, 0.05) is 72.7 Å². The van der Waals surface area contributed by atoms with Crippen molar-refractivity contribution in [2.24, 2.45) is 0 Å². The Morgan fingerprint density at radius 1 is 0.533 bits per heavy atom. The van der Waals surface area contributed by atoms with Crippen LogP contribution in [0.4, 0.5) is 17.1 Å². The Kier molecular flexibility index (Phi) is 6.06. The second-order valence-corrected chi connectivity index (χ2v) is 12.5. The first-order chi connectivity index (χ1) is 22.3. The van der Waals surface area contributed by atoms with Crippen LogP contribution in [0.15, 0.2) is 156 Å². The van der Waals surface area contributed by atoms with E-state index in [1.165, 1.54) is 42.8 Å². The van der Waals surface area contributed by atoms with Crippen LogP contribution in [0.3, 0.4) is 0 Å². The van der Waals surface area contributed by atoms with Gasteiger partial charge in [0.1, 0.15) is 11.2 Å². The van der Waals surface area contributed by atoms with Gasteiger partial charge in [-0.05, 0) is 65.2 Å². The molecule has 0 bridgehead atoms. The summed E-state index contributed by atoms with van der Waals surface area (Å²) in [7, 11) is 0. The van der Waals surface area contributed by atoms with Crippen molar-refractivity contribution in [2.75, 3.05) is 4.90 Å². The van der Waals surface area contributed by atoms with Gasteiger partial charge in [0.2, 0.25) is 0 Å². The van der Waals surface area contributed by atoms with E-state index in [2.05, 4.69) is 150 Å². The van der Waals surface area contributed by atoms with Crippen LogP contribution in [-0.2, 0) is 6.54 Å². The average Bonchev–Trinajstić information content (AvgIpc) is 3.68. The predicted octanol–water partition coefficient (Wildman–Crippen LogP) is 11.4. The van der Waals surface area contributed by atoms with Crippen molar-refractivity contribution in [1.29, 1.82) is 0 Å². The SMILES string of the molecule is C1=C(c2ccc(N(c3ccc(-c4ccccc4)cc3)c3ccc4c(c3)oc3ccccc34)cc2)c2c(sc3ccccc23)CN1. The molecule has 6 aromatic carbocycles. The number of nitrogens with zero attached hydrogens (tertiary/aromatic N) is 1. The van der Waals surface area contributed by atoms with E-state index in [4.69, 9.17) is 4.42 Å². The maximum absolute atomic E-state index is 6.31. The van der Waals surface area contributed by atoms with Gasteiger partial charge in [0.05, 0.1) is 0 Å². The van der Waals surface area contributed by atoms with Gasteiger partial charge in [-0.1, -0.05) is 91.0 Å². The zero-order valence-corrected chi connectivity index (χ0v) is 25.2. The third-order valence-corrected chi connectivity index (χ3v) is 9.91. The fourth-order valence-corrected chi connectivity index (χ4v) is 7.76. The van der Waals surface area contributed by atoms with Gasteiger partial charge in [-0.25, -0.2) is 0 Å². The summed E-state index contributed by atoms with van der Waals surface area (Å²) in [6.07, 6.45) is 2.17. The van der Waals surface area contributed by atoms with Crippen LogP contribution in [0, 0.1) is 0 Å². The summed E-state index contributed by atoms with van der Waals surface area (Å²) in [6, 6.07) is 51.8. The molecule has 3 nitrogen and oxygen atoms in total. The van der Waals surface area contributed by atoms with Gasteiger partial charge in [-0.15, -0.1) is 11.3 Å². The normalized spacial score (nSPS) is 12.7. The summed E-state index contributed by atoms with van der Waals surface area (Å²) in [5, 5.41) is 7.10. The molecule has 2 aromatic heterocycles. The van der Waals surface area contributed by atoms with Gasteiger partial charge in [0.15, 0.2) is 0 Å². The Labute approximate surface area is 265 Å². The number of furan rings is 1. The lowest BCUT2D eigenvalue weighted by Gasteiger charge is -2.26. The molecular weight excluding hydrogens is 569 g/mol. The van der Waals surface area contributed by atoms with Crippen molar-refractivity contribution in [2.45, 2.75) is 6.54 Å². The Hall–Kier alpha value is -5.58. The highest BCUT2D eigenvalue weighted by molar-refractivity contribution is 7.19. The molecule has 0 unspecified atom stereocenters. The highest BCUT2D eigenvalue weighted by atomic mass is 32.1. The highest BCUT2D eigenvalue weighted by Gasteiger charge is 2.21. The minimum absolute atomic E-state index is 0.868. The molecule has 0 amide bonds. The van der Waals surface area contributed by atoms with Crippen molar-refractivity contribution in [1.82, 2.24) is 5.32 Å². The van der Waals surface area contributed by atoms with E-state index in [0.29, 0.717) is 0 Å². The van der Waals surface area contributed by atoms with Crippen LogP contribution in [-0.4, -0.2) is 0 Å². The third kappa shape index (κ3) is 4.42. The van der Waals surface area contributed by atoms with Crippen LogP contribution in [0.25, 0.3) is 48.7 Å². The maximum Gasteiger partial charge on any atom is 0.137 e. The minimum atomic E-state index is 0.868. The zero-order chi connectivity index (χ0) is 29.7. The van der Waals surface area contributed by atoms with Gasteiger partial charge in [-0.3, -0.25) is 0 Å². The summed E-state index contributed by atoms with van der Waals surface area (Å²) in [6.45, 7) is 0.868. The standard InChI is InChI=1S/C41H28N2OS/c1-2-8-27(9-3-1)28-14-18-30(19-15-28)43(32-22-23-34-33-10-4-6-12-37(33)44-38(34)24-32)31-20-16-29(17-21-31)36-25-42-26-40-41(36)35-11-5-7-13-39(35)45-40/h1-25,42H,26H2. The van der Waals surface area contributed by atoms with Gasteiger partial charge in [-0.2, -0.15) is 0 Å². The number of benzene rings is 6. The van der Waals surface area contributed by atoms with Crippen LogP contribution < -0.4 is 10.2 Å². The number of hydrogen-bond donors (Lipinski definition) is 1. The van der Waals surface area contributed by atoms with Crippen LogP contribution in [0.2, 0.25) is 0 Å². The molecule has 45 heavy (non-hydrogen) atoms. The van der Waals surface area contributed by atoms with Crippen LogP contribution >= 0.6 is 11.3 Å². The number of anilines is 3. The monoisotopic (exact) mass is 596 g/mol. The first-order valence-electron chi connectivity index (χ1n) is 15.2. The lowest BCUT2D eigenvalue weighted by atomic mass is 9.94. The fourth-order valence-electron chi connectivity index (χ4n) is 6.59. The van der Waals surface area contributed by atoms with E-state index in [0.717, 1.165) is 45.5 Å². The molecule has 0 saturated heterocycles. The first-order valence-corrected chi connectivity index (χ1v) is 16.0. The van der Waals surface area contributed by atoms with E-state index in [1.54, 1.807) is 0 Å². The minimum Gasteiger partial charge on any atom is -0.456 e. The molecule has 1 aliphatic rings. The largest absolute Gasteiger partial charge is 0.456 e. The number of para-hydroxylation sites is 1. The molecule has 0 atom stereocenters. The molecule has 214 valence electrons. The van der Waals surface area contributed by atoms with Crippen molar-refractivity contribution >= 4 is 66.0 Å². The van der Waals surface area contributed by atoms with E-state index < -0.39 is 0 Å². The molecule has 0 spiro atoms. The molecule has 3 heterocycles. The van der Waals surface area contributed by atoms with Gasteiger partial charge >= 0.3 is 0 Å². The summed E-state index contributed by atoms with van der Waals surface area (Å²) in [4.78, 5) is 3.70. The number of fused-ring (bicyclic) bond motifs is 6. The third-order valence-electron chi connectivity index (χ3n) is 8.74. The molecule has 0 fully saturated rings. The number of rotatable bonds is 5. The Balaban J connectivity index is 1.15. The number of thiophene rings is 1. The van der Waals surface area contributed by atoms with Gasteiger partial charge in [0.25, 0.3) is 0 Å². The Bertz CT molecular complexity index is 2360. The molecule has 4 heteroatoms. The molecule has 0 aliphatic carbocycles. The van der Waals surface area contributed by atoms with Gasteiger partial charge < -0.3 is 14.6 Å². The number of hydrogen-bond acceptors (Lipinski definition) is 4. The van der Waals surface area contributed by atoms with Crippen molar-refractivity contribution in [3.63, 3.8) is 0 Å². The molecule has 1 N–H and O–H groups in total. The molecule has 8 aromatic rings. The first kappa shape index (κ1) is 25.9. The van der Waals surface area contributed by atoms with E-state index >= 15 is 0 Å². The van der Waals surface area contributed by atoms with Crippen LogP contribution in [0.1, 0.15) is 16.0 Å². The lowest BCUT2D eigenvalue weighted by molar-refractivity contribution is 0.669. The van der Waals surface area contributed by atoms with E-state index in [9.17, 15) is 0 Å². The Morgan fingerprint density at radius 3 is 1.96 bits per heavy atom. The van der Waals surface area contributed by atoms with Crippen LogP contribution in [0.5, 0.6) is 0 Å². The molecule has 9 rings (SSSR count).